The number of likely N-dealkylation sites (N-methyl/N-ethyl adjacent to an activating group) is 1. The summed E-state index contributed by atoms with van der Waals surface area (Å²) in [6.07, 6.45) is 1.88. The van der Waals surface area contributed by atoms with E-state index < -0.39 is 33.1 Å². The molecule has 13 nitrogen and oxygen atoms in total. The molecule has 5 rings (SSSR count). The van der Waals surface area contributed by atoms with Crippen LogP contribution in [0.5, 0.6) is 5.75 Å². The molecule has 3 aromatic carbocycles. The molecule has 16 heteroatoms. The number of ether oxygens (including phenoxy) is 1. The number of rotatable bonds is 12. The molecule has 0 aliphatic carbocycles. The minimum atomic E-state index is -4.25. The molecule has 0 radical (unpaired) electrons. The van der Waals surface area contributed by atoms with E-state index in [0.29, 0.717) is 30.1 Å². The summed E-state index contributed by atoms with van der Waals surface area (Å²) in [5.41, 5.74) is 8.33. The zero-order valence-corrected chi connectivity index (χ0v) is 29.5. The maximum absolute atomic E-state index is 14.8. The number of halogens is 2. The average Bonchev–Trinajstić information content (AvgIpc) is 3.70. The molecule has 0 saturated heterocycles. The third kappa shape index (κ3) is 7.41. The smallest absolute Gasteiger partial charge is 0.269 e. The third-order valence-corrected chi connectivity index (χ3v) is 9.77. The van der Waals surface area contributed by atoms with E-state index in [1.807, 2.05) is 27.1 Å². The quantitative estimate of drug-likeness (QED) is 0.124. The van der Waals surface area contributed by atoms with Gasteiger partial charge in [-0.3, -0.25) is 9.59 Å². The van der Waals surface area contributed by atoms with Crippen LogP contribution in [0.15, 0.2) is 83.1 Å². The Balaban J connectivity index is 1.57. The summed E-state index contributed by atoms with van der Waals surface area (Å²) >= 11 is 0. The van der Waals surface area contributed by atoms with Crippen molar-refractivity contribution in [3.63, 3.8) is 0 Å². The predicted molar refractivity (Wildman–Crippen MR) is 192 cm³/mol. The van der Waals surface area contributed by atoms with Crippen molar-refractivity contribution in [1.29, 1.82) is 0 Å². The number of fused-ring (bicyclic) bond motifs is 1. The monoisotopic (exact) mass is 720 g/mol. The van der Waals surface area contributed by atoms with E-state index in [2.05, 4.69) is 27.5 Å². The van der Waals surface area contributed by atoms with Crippen molar-refractivity contribution in [1.82, 2.24) is 14.2 Å². The number of nitrogens with zero attached hydrogens (tertiary/aromatic N) is 4. The second kappa shape index (κ2) is 14.6. The van der Waals surface area contributed by atoms with Crippen LogP contribution in [-0.4, -0.2) is 76.3 Å². The van der Waals surface area contributed by atoms with Crippen LogP contribution in [0, 0.1) is 18.6 Å². The lowest BCUT2D eigenvalue weighted by molar-refractivity contribution is -0.119. The van der Waals surface area contributed by atoms with Gasteiger partial charge in [0.1, 0.15) is 28.8 Å². The predicted octanol–water partition coefficient (Wildman–Crippen LogP) is 4.16. The zero-order valence-electron chi connectivity index (χ0n) is 28.7. The van der Waals surface area contributed by atoms with Crippen LogP contribution in [0.2, 0.25) is 0 Å². The van der Waals surface area contributed by atoms with Crippen molar-refractivity contribution in [3.8, 4) is 5.75 Å². The maximum Gasteiger partial charge on any atom is 0.269 e. The first-order chi connectivity index (χ1) is 24.2. The largest absolute Gasteiger partial charge is 0.495 e. The van der Waals surface area contributed by atoms with Crippen LogP contribution >= 0.6 is 0 Å². The first kappa shape index (κ1) is 36.5. The number of aromatic nitrogens is 1. The molecule has 2 amide bonds. The highest BCUT2D eigenvalue weighted by atomic mass is 32.2. The van der Waals surface area contributed by atoms with Gasteiger partial charge in [0, 0.05) is 25.5 Å². The molecule has 0 saturated carbocycles. The molecule has 4 aromatic rings. The highest BCUT2D eigenvalue weighted by molar-refractivity contribution is 7.90. The third-order valence-electron chi connectivity index (χ3n) is 8.08. The molecule has 0 atom stereocenters. The normalized spacial score (nSPS) is 12.9. The Hall–Kier alpha value is -5.74. The van der Waals surface area contributed by atoms with Crippen LogP contribution in [0.25, 0.3) is 0 Å². The fraction of sp³-hybridized carbons (Fsp3) is 0.229. The van der Waals surface area contributed by atoms with Crippen LogP contribution in [0.4, 0.5) is 31.7 Å². The lowest BCUT2D eigenvalue weighted by atomic mass is 10.1. The highest BCUT2D eigenvalue weighted by Gasteiger charge is 2.28. The summed E-state index contributed by atoms with van der Waals surface area (Å²) in [5.74, 6) is -3.63. The summed E-state index contributed by atoms with van der Waals surface area (Å²) in [4.78, 5) is 33.1. The van der Waals surface area contributed by atoms with E-state index in [9.17, 15) is 26.8 Å². The fourth-order valence-electron chi connectivity index (χ4n) is 5.57. The van der Waals surface area contributed by atoms with Crippen LogP contribution in [-0.2, 0) is 21.2 Å². The van der Waals surface area contributed by atoms with E-state index >= 15 is 0 Å². The van der Waals surface area contributed by atoms with E-state index in [1.165, 1.54) is 38.6 Å². The van der Waals surface area contributed by atoms with Crippen molar-refractivity contribution in [2.75, 3.05) is 56.9 Å². The number of amides is 2. The summed E-state index contributed by atoms with van der Waals surface area (Å²) < 4.78 is 63.3. The highest BCUT2D eigenvalue weighted by Crippen LogP contribution is 2.38. The van der Waals surface area contributed by atoms with Gasteiger partial charge in [-0.25, -0.2) is 26.2 Å². The SMILES string of the molecule is C=C(Nc1cc2c(cc1OC)CCN2C(=O)CN(C)C)Nc1c(C(N)=Nc2ccc(F)c(F)c2C(=O)NC)ccn1S(=O)(=O)c1ccc(C)cc1. The number of nitrogens with one attached hydrogen (secondary N) is 3. The second-order valence-corrected chi connectivity index (χ2v) is 13.8. The van der Waals surface area contributed by atoms with E-state index in [0.717, 1.165) is 27.2 Å². The van der Waals surface area contributed by atoms with Crippen LogP contribution in [0.1, 0.15) is 27.0 Å². The molecule has 1 aliphatic heterocycles. The van der Waals surface area contributed by atoms with Crippen molar-refractivity contribution in [3.05, 3.63) is 107 Å². The molecule has 1 aromatic heterocycles. The van der Waals surface area contributed by atoms with Gasteiger partial charge in [-0.05, 0) is 75.5 Å². The number of benzene rings is 3. The molecule has 51 heavy (non-hydrogen) atoms. The number of carbonyl (C=O) groups is 2. The van der Waals surface area contributed by atoms with Crippen molar-refractivity contribution >= 4 is 50.6 Å². The van der Waals surface area contributed by atoms with Gasteiger partial charge in [0.15, 0.2) is 11.6 Å². The summed E-state index contributed by atoms with van der Waals surface area (Å²) in [5, 5.41) is 8.32. The summed E-state index contributed by atoms with van der Waals surface area (Å²) in [7, 11) is 2.11. The number of aliphatic imine (C=N–C) groups is 1. The number of hydrogen-bond donors (Lipinski definition) is 4. The Labute approximate surface area is 294 Å². The second-order valence-electron chi connectivity index (χ2n) is 12.0. The first-order valence-corrected chi connectivity index (χ1v) is 17.1. The average molecular weight is 721 g/mol. The Kier molecular flexibility index (Phi) is 10.5. The molecule has 0 fully saturated rings. The first-order valence-electron chi connectivity index (χ1n) is 15.6. The zero-order chi connectivity index (χ0) is 37.2. The van der Waals surface area contributed by atoms with Gasteiger partial charge < -0.3 is 36.2 Å². The van der Waals surface area contributed by atoms with Gasteiger partial charge >= 0.3 is 0 Å². The number of nitrogens with two attached hydrogens (primary N) is 1. The number of hydrogen-bond acceptors (Lipinski definition) is 9. The Morgan fingerprint density at radius 2 is 1.78 bits per heavy atom. The Bertz CT molecular complexity index is 2170. The molecular formula is C35H38F2N8O5S. The van der Waals surface area contributed by atoms with Gasteiger partial charge in [-0.15, -0.1) is 0 Å². The Morgan fingerprint density at radius 3 is 2.43 bits per heavy atom. The minimum Gasteiger partial charge on any atom is -0.495 e. The van der Waals surface area contributed by atoms with Gasteiger partial charge in [0.25, 0.3) is 15.9 Å². The lowest BCUT2D eigenvalue weighted by Gasteiger charge is -2.22. The standard InChI is InChI=1S/C35H38F2N8O5S/c1-20-7-9-23(10-8-20)51(48,49)45-16-14-24(33(38)42-26-12-11-25(36)32(37)31(26)35(47)39-3)34(45)41-21(2)40-27-18-28-22(17-29(27)50-6)13-15-44(28)30(46)19-43(4)5/h7-12,14,16-18,40-41H,2,13,15,19H2,1,3-6H3,(H2,38,42)(H,39,47). The Morgan fingerprint density at radius 1 is 1.08 bits per heavy atom. The minimum absolute atomic E-state index is 0.0299. The van der Waals surface area contributed by atoms with Crippen LogP contribution in [0.3, 0.4) is 0 Å². The topological polar surface area (TPSA) is 163 Å². The number of anilines is 3. The van der Waals surface area contributed by atoms with Gasteiger partial charge in [-0.1, -0.05) is 24.3 Å². The molecule has 0 unspecified atom stereocenters. The van der Waals surface area contributed by atoms with Gasteiger partial charge in [0.05, 0.1) is 35.5 Å². The number of methoxy groups -OCH3 is 1. The van der Waals surface area contributed by atoms with Gasteiger partial charge in [0.2, 0.25) is 5.91 Å². The van der Waals surface area contributed by atoms with E-state index in [4.69, 9.17) is 10.5 Å². The molecule has 2 heterocycles. The fourth-order valence-corrected chi connectivity index (χ4v) is 6.88. The lowest BCUT2D eigenvalue weighted by Crippen LogP contribution is -2.36. The van der Waals surface area contributed by atoms with Crippen molar-refractivity contribution in [2.24, 2.45) is 10.7 Å². The molecule has 0 spiro atoms. The van der Waals surface area contributed by atoms with Crippen LogP contribution < -0.4 is 31.3 Å². The number of carbonyl (C=O) groups excluding carboxylic acids is 2. The molecule has 1 aliphatic rings. The number of amidine groups is 1. The maximum atomic E-state index is 14.8. The molecule has 0 bridgehead atoms. The summed E-state index contributed by atoms with van der Waals surface area (Å²) in [6, 6.07) is 13.0. The van der Waals surface area contributed by atoms with Gasteiger partial charge in [-0.2, -0.15) is 0 Å². The van der Waals surface area contributed by atoms with Crippen molar-refractivity contribution in [2.45, 2.75) is 18.2 Å². The molecule has 5 N–H and O–H groups in total. The van der Waals surface area contributed by atoms with Crippen molar-refractivity contribution < 1.29 is 31.5 Å². The number of aryl methyl sites for hydroxylation is 1. The van der Waals surface area contributed by atoms with E-state index in [1.54, 1.807) is 28.0 Å². The van der Waals surface area contributed by atoms with E-state index in [-0.39, 0.29) is 46.1 Å². The molecule has 268 valence electrons. The molecular weight excluding hydrogens is 682 g/mol. The summed E-state index contributed by atoms with van der Waals surface area (Å²) in [6.45, 7) is 6.59.